The fourth-order valence-corrected chi connectivity index (χ4v) is 3.18. The number of carbonyl (C=O) groups is 1. The summed E-state index contributed by atoms with van der Waals surface area (Å²) in [6.45, 7) is 1.18. The Morgan fingerprint density at radius 1 is 1.52 bits per heavy atom. The van der Waals surface area contributed by atoms with Crippen molar-refractivity contribution in [3.63, 3.8) is 0 Å². The summed E-state index contributed by atoms with van der Waals surface area (Å²) in [7, 11) is 1.64. The van der Waals surface area contributed by atoms with Gasteiger partial charge in [-0.3, -0.25) is 9.79 Å². The molecule has 1 spiro atoms. The second kappa shape index (κ2) is 7.37. The highest BCUT2D eigenvalue weighted by atomic mass is 19.4. The van der Waals surface area contributed by atoms with E-state index < -0.39 is 12.8 Å². The van der Waals surface area contributed by atoms with Crippen LogP contribution in [0.5, 0.6) is 0 Å². The number of guanidine groups is 1. The lowest BCUT2D eigenvalue weighted by molar-refractivity contribution is -0.173. The van der Waals surface area contributed by atoms with E-state index in [4.69, 9.17) is 0 Å². The van der Waals surface area contributed by atoms with Crippen molar-refractivity contribution >= 4 is 11.9 Å². The van der Waals surface area contributed by atoms with Gasteiger partial charge < -0.3 is 20.3 Å². The Morgan fingerprint density at radius 2 is 2.30 bits per heavy atom. The molecule has 9 heteroatoms. The Bertz CT molecular complexity index is 456. The van der Waals surface area contributed by atoms with Crippen LogP contribution in [0.4, 0.5) is 13.2 Å². The van der Waals surface area contributed by atoms with Gasteiger partial charge in [-0.2, -0.15) is 13.2 Å². The fraction of sp³-hybridized carbons (Fsp3) is 0.857. The van der Waals surface area contributed by atoms with Gasteiger partial charge in [0.05, 0.1) is 6.61 Å². The third-order valence-electron chi connectivity index (χ3n) is 4.16. The number of aliphatic imine (C=N–C) groups is 1. The van der Waals surface area contributed by atoms with Crippen LogP contribution in [-0.4, -0.2) is 69.4 Å². The third kappa shape index (κ3) is 5.26. The maximum atomic E-state index is 12.0. The van der Waals surface area contributed by atoms with Gasteiger partial charge in [-0.1, -0.05) is 0 Å². The van der Waals surface area contributed by atoms with E-state index in [-0.39, 0.29) is 24.5 Å². The second-order valence-corrected chi connectivity index (χ2v) is 6.12. The Balaban J connectivity index is 1.78. The molecule has 1 amide bonds. The monoisotopic (exact) mass is 336 g/mol. The first-order chi connectivity index (χ1) is 10.8. The number of halogens is 3. The van der Waals surface area contributed by atoms with E-state index in [0.717, 1.165) is 25.9 Å². The van der Waals surface area contributed by atoms with Crippen LogP contribution in [-0.2, 0) is 9.53 Å². The van der Waals surface area contributed by atoms with Gasteiger partial charge in [0.25, 0.3) is 0 Å². The summed E-state index contributed by atoms with van der Waals surface area (Å²) in [4.78, 5) is 17.7. The number of piperidine rings is 1. The Kier molecular flexibility index (Phi) is 5.72. The van der Waals surface area contributed by atoms with E-state index in [1.807, 2.05) is 0 Å². The lowest BCUT2D eigenvalue weighted by Crippen LogP contribution is -2.51. The first kappa shape index (κ1) is 17.8. The van der Waals surface area contributed by atoms with Crippen molar-refractivity contribution in [3.8, 4) is 0 Å². The van der Waals surface area contributed by atoms with Crippen molar-refractivity contribution in [2.45, 2.75) is 25.4 Å². The first-order valence-corrected chi connectivity index (χ1v) is 7.70. The van der Waals surface area contributed by atoms with Gasteiger partial charge in [-0.25, -0.2) is 0 Å². The van der Waals surface area contributed by atoms with Gasteiger partial charge in [0.15, 0.2) is 5.96 Å². The smallest absolute Gasteiger partial charge is 0.370 e. The van der Waals surface area contributed by atoms with Gasteiger partial charge in [-0.15, -0.1) is 0 Å². The van der Waals surface area contributed by atoms with Crippen molar-refractivity contribution in [1.82, 2.24) is 15.5 Å². The molecule has 2 aliphatic heterocycles. The van der Waals surface area contributed by atoms with Gasteiger partial charge in [-0.05, 0) is 12.8 Å². The standard InChI is InChI=1S/C14H23F3N4O2/c1-18-12(19-4-6-23-10-14(15,16)17)21-5-2-3-13(9-21)7-11(22)20-8-13/h2-10H2,1H3,(H,18,19)(H,20,22). The predicted octanol–water partition coefficient (Wildman–Crippen LogP) is 0.743. The van der Waals surface area contributed by atoms with E-state index in [1.165, 1.54) is 0 Å². The molecule has 2 rings (SSSR count). The third-order valence-corrected chi connectivity index (χ3v) is 4.16. The normalized spacial score (nSPS) is 25.8. The molecular formula is C14H23F3N4O2. The summed E-state index contributed by atoms with van der Waals surface area (Å²) in [5, 5.41) is 5.90. The molecule has 0 bridgehead atoms. The molecule has 2 heterocycles. The van der Waals surface area contributed by atoms with Gasteiger partial charge >= 0.3 is 6.18 Å². The van der Waals surface area contributed by atoms with E-state index >= 15 is 0 Å². The van der Waals surface area contributed by atoms with Crippen molar-refractivity contribution in [2.24, 2.45) is 10.4 Å². The van der Waals surface area contributed by atoms with Crippen molar-refractivity contribution in [3.05, 3.63) is 0 Å². The van der Waals surface area contributed by atoms with Crippen LogP contribution in [0.2, 0.25) is 0 Å². The molecule has 2 fully saturated rings. The molecule has 132 valence electrons. The van der Waals surface area contributed by atoms with Gasteiger partial charge in [0, 0.05) is 45.1 Å². The summed E-state index contributed by atoms with van der Waals surface area (Å²) in [6, 6.07) is 0. The molecule has 0 aromatic rings. The van der Waals surface area contributed by atoms with Crippen LogP contribution in [0.25, 0.3) is 0 Å². The highest BCUT2D eigenvalue weighted by Crippen LogP contribution is 2.35. The number of alkyl halides is 3. The minimum Gasteiger partial charge on any atom is -0.370 e. The SMILES string of the molecule is CN=C(NCCOCC(F)(F)F)N1CCCC2(CNC(=O)C2)C1. The number of nitrogens with one attached hydrogen (secondary N) is 2. The van der Waals surface area contributed by atoms with Crippen LogP contribution in [0, 0.1) is 5.41 Å². The molecule has 1 atom stereocenters. The van der Waals surface area contributed by atoms with E-state index in [9.17, 15) is 18.0 Å². The zero-order valence-corrected chi connectivity index (χ0v) is 13.2. The quantitative estimate of drug-likeness (QED) is 0.452. The van der Waals surface area contributed by atoms with E-state index in [2.05, 4.69) is 25.3 Å². The van der Waals surface area contributed by atoms with Crippen LogP contribution in [0.1, 0.15) is 19.3 Å². The summed E-state index contributed by atoms with van der Waals surface area (Å²) >= 11 is 0. The number of hydrogen-bond donors (Lipinski definition) is 2. The topological polar surface area (TPSA) is 66.0 Å². The molecule has 0 aromatic heterocycles. The van der Waals surface area contributed by atoms with Crippen molar-refractivity contribution in [2.75, 3.05) is 46.4 Å². The molecular weight excluding hydrogens is 313 g/mol. The van der Waals surface area contributed by atoms with Crippen LogP contribution in [0.3, 0.4) is 0 Å². The average molecular weight is 336 g/mol. The lowest BCUT2D eigenvalue weighted by Gasteiger charge is -2.40. The number of carbonyl (C=O) groups excluding carboxylic acids is 1. The summed E-state index contributed by atoms with van der Waals surface area (Å²) in [6.07, 6.45) is -1.83. The zero-order chi connectivity index (χ0) is 16.9. The highest BCUT2D eigenvalue weighted by molar-refractivity contribution is 5.81. The molecule has 2 N–H and O–H groups in total. The number of amides is 1. The predicted molar refractivity (Wildman–Crippen MR) is 79.1 cm³/mol. The van der Waals surface area contributed by atoms with Crippen LogP contribution >= 0.6 is 0 Å². The average Bonchev–Trinajstić information content (AvgIpc) is 2.82. The number of rotatable bonds is 4. The number of likely N-dealkylation sites (tertiary alicyclic amines) is 1. The zero-order valence-electron chi connectivity index (χ0n) is 13.2. The molecule has 23 heavy (non-hydrogen) atoms. The van der Waals surface area contributed by atoms with Crippen molar-refractivity contribution in [1.29, 1.82) is 0 Å². The maximum Gasteiger partial charge on any atom is 0.411 e. The number of hydrogen-bond acceptors (Lipinski definition) is 3. The van der Waals surface area contributed by atoms with Gasteiger partial charge in [0.1, 0.15) is 6.61 Å². The minimum absolute atomic E-state index is 0.0441. The Labute approximate surface area is 133 Å². The van der Waals surface area contributed by atoms with Crippen molar-refractivity contribution < 1.29 is 22.7 Å². The lowest BCUT2D eigenvalue weighted by atomic mass is 9.79. The summed E-state index contributed by atoms with van der Waals surface area (Å²) < 4.78 is 40.5. The molecule has 0 aromatic carbocycles. The summed E-state index contributed by atoms with van der Waals surface area (Å²) in [5.41, 5.74) is -0.0558. The minimum atomic E-state index is -4.30. The van der Waals surface area contributed by atoms with Crippen LogP contribution in [0.15, 0.2) is 4.99 Å². The largest absolute Gasteiger partial charge is 0.411 e. The highest BCUT2D eigenvalue weighted by Gasteiger charge is 2.42. The molecule has 0 aliphatic carbocycles. The molecule has 2 aliphatic rings. The fourth-order valence-electron chi connectivity index (χ4n) is 3.18. The number of nitrogens with zero attached hydrogens (tertiary/aromatic N) is 2. The Hall–Kier alpha value is -1.51. The first-order valence-electron chi connectivity index (χ1n) is 7.70. The molecule has 6 nitrogen and oxygen atoms in total. The van der Waals surface area contributed by atoms with Crippen LogP contribution < -0.4 is 10.6 Å². The second-order valence-electron chi connectivity index (χ2n) is 6.12. The number of ether oxygens (including phenoxy) is 1. The maximum absolute atomic E-state index is 12.0. The van der Waals surface area contributed by atoms with Gasteiger partial charge in [0.2, 0.25) is 5.91 Å². The van der Waals surface area contributed by atoms with E-state index in [0.29, 0.717) is 18.9 Å². The molecule has 1 unspecified atom stereocenters. The molecule has 0 radical (unpaired) electrons. The van der Waals surface area contributed by atoms with E-state index in [1.54, 1.807) is 7.05 Å². The Morgan fingerprint density at radius 3 is 2.91 bits per heavy atom. The summed E-state index contributed by atoms with van der Waals surface area (Å²) in [5.74, 6) is 0.717. The molecule has 0 saturated carbocycles. The molecule has 2 saturated heterocycles.